The van der Waals surface area contributed by atoms with E-state index in [9.17, 15) is 10.1 Å². The number of carbonyl (C=O) groups is 1. The molecule has 3 aromatic rings. The Hall–Kier alpha value is -1.97. The second kappa shape index (κ2) is 5.19. The Morgan fingerprint density at radius 3 is 2.85 bits per heavy atom. The maximum absolute atomic E-state index is 12.4. The van der Waals surface area contributed by atoms with Crippen molar-refractivity contribution in [3.05, 3.63) is 51.8 Å². The van der Waals surface area contributed by atoms with Crippen molar-refractivity contribution in [3.8, 4) is 6.07 Å². The fourth-order valence-electron chi connectivity index (χ4n) is 1.84. The van der Waals surface area contributed by atoms with Crippen LogP contribution < -0.4 is 0 Å². The van der Waals surface area contributed by atoms with Gasteiger partial charge in [0.25, 0.3) is 0 Å². The molecule has 0 saturated heterocycles. The number of Topliss-reactive ketones (excluding diaryl/α,β-unsaturated/α-hetero) is 1. The number of aromatic nitrogens is 1. The van der Waals surface area contributed by atoms with Gasteiger partial charge in [0.05, 0.1) is 27.0 Å². The third-order valence-corrected chi connectivity index (χ3v) is 4.52. The summed E-state index contributed by atoms with van der Waals surface area (Å²) in [5.41, 5.74) is 0.791. The van der Waals surface area contributed by atoms with Crippen LogP contribution in [0.25, 0.3) is 10.2 Å². The Balaban J connectivity index is 2.04. The summed E-state index contributed by atoms with van der Waals surface area (Å²) < 4.78 is 6.63. The average molecular weight is 347 g/mol. The van der Waals surface area contributed by atoms with E-state index >= 15 is 0 Å². The number of thiazole rings is 1. The zero-order valence-electron chi connectivity index (χ0n) is 10.0. The number of benzene rings is 1. The molecule has 0 aliphatic rings. The van der Waals surface area contributed by atoms with Crippen LogP contribution in [0.4, 0.5) is 0 Å². The number of para-hydroxylation sites is 1. The summed E-state index contributed by atoms with van der Waals surface area (Å²) in [7, 11) is 0. The van der Waals surface area contributed by atoms with Crippen LogP contribution in [-0.2, 0) is 0 Å². The average Bonchev–Trinajstić information content (AvgIpc) is 3.05. The molecule has 20 heavy (non-hydrogen) atoms. The Morgan fingerprint density at radius 1 is 1.40 bits per heavy atom. The lowest BCUT2D eigenvalue weighted by molar-refractivity contribution is 0.0951. The van der Waals surface area contributed by atoms with Crippen LogP contribution in [0.1, 0.15) is 21.5 Å². The summed E-state index contributed by atoms with van der Waals surface area (Å²) in [6.07, 6.45) is 1.41. The first-order valence-electron chi connectivity index (χ1n) is 5.73. The number of nitriles is 1. The lowest BCUT2D eigenvalue weighted by atomic mass is 10.1. The molecule has 0 bridgehead atoms. The van der Waals surface area contributed by atoms with Gasteiger partial charge in [-0.2, -0.15) is 5.26 Å². The molecule has 1 aromatic carbocycles. The predicted molar refractivity (Wildman–Crippen MR) is 78.7 cm³/mol. The van der Waals surface area contributed by atoms with Gasteiger partial charge in [-0.1, -0.05) is 12.1 Å². The van der Waals surface area contributed by atoms with Crippen LogP contribution >= 0.6 is 27.3 Å². The van der Waals surface area contributed by atoms with E-state index in [2.05, 4.69) is 20.9 Å². The highest BCUT2D eigenvalue weighted by molar-refractivity contribution is 9.10. The molecule has 4 nitrogen and oxygen atoms in total. The Bertz CT molecular complexity index is 798. The zero-order valence-corrected chi connectivity index (χ0v) is 12.4. The topological polar surface area (TPSA) is 66.9 Å². The van der Waals surface area contributed by atoms with Gasteiger partial charge in [-0.15, -0.1) is 11.3 Å². The molecule has 98 valence electrons. The smallest absolute Gasteiger partial charge is 0.223 e. The van der Waals surface area contributed by atoms with E-state index in [1.54, 1.807) is 6.07 Å². The van der Waals surface area contributed by atoms with E-state index in [1.807, 2.05) is 30.3 Å². The number of nitrogens with zero attached hydrogens (tertiary/aromatic N) is 2. The van der Waals surface area contributed by atoms with Gasteiger partial charge in [-0.05, 0) is 34.1 Å². The molecule has 2 heterocycles. The van der Waals surface area contributed by atoms with Crippen molar-refractivity contribution in [2.24, 2.45) is 0 Å². The lowest BCUT2D eigenvalue weighted by Gasteiger charge is -2.02. The molecule has 0 unspecified atom stereocenters. The Kier molecular flexibility index (Phi) is 3.38. The molecule has 0 aliphatic carbocycles. The highest BCUT2D eigenvalue weighted by Crippen LogP contribution is 2.31. The van der Waals surface area contributed by atoms with Crippen molar-refractivity contribution in [2.45, 2.75) is 5.92 Å². The summed E-state index contributed by atoms with van der Waals surface area (Å²) >= 11 is 4.58. The minimum atomic E-state index is -0.949. The molecular formula is C14H7BrN2O2S. The van der Waals surface area contributed by atoms with Crippen molar-refractivity contribution >= 4 is 43.3 Å². The van der Waals surface area contributed by atoms with Gasteiger partial charge in [0.1, 0.15) is 5.01 Å². The number of hydrogen-bond acceptors (Lipinski definition) is 5. The van der Waals surface area contributed by atoms with Crippen molar-refractivity contribution in [3.63, 3.8) is 0 Å². The first-order chi connectivity index (χ1) is 9.70. The number of hydrogen-bond donors (Lipinski definition) is 0. The largest absolute Gasteiger partial charge is 0.460 e. The van der Waals surface area contributed by atoms with Gasteiger partial charge in [0, 0.05) is 0 Å². The molecule has 2 aromatic heterocycles. The monoisotopic (exact) mass is 346 g/mol. The minimum Gasteiger partial charge on any atom is -0.460 e. The lowest BCUT2D eigenvalue weighted by Crippen LogP contribution is -2.10. The molecule has 0 aliphatic heterocycles. The van der Waals surface area contributed by atoms with Crippen molar-refractivity contribution in [1.82, 2.24) is 4.98 Å². The van der Waals surface area contributed by atoms with Crippen molar-refractivity contribution in [2.75, 3.05) is 0 Å². The van der Waals surface area contributed by atoms with Crippen LogP contribution in [0.5, 0.6) is 0 Å². The molecule has 0 fully saturated rings. The normalized spacial score (nSPS) is 12.2. The van der Waals surface area contributed by atoms with Crippen LogP contribution in [-0.4, -0.2) is 10.8 Å². The van der Waals surface area contributed by atoms with E-state index in [0.717, 1.165) is 10.2 Å². The van der Waals surface area contributed by atoms with Gasteiger partial charge in [0.15, 0.2) is 11.7 Å². The Labute approximate surface area is 126 Å². The van der Waals surface area contributed by atoms with E-state index in [-0.39, 0.29) is 11.5 Å². The number of fused-ring (bicyclic) bond motifs is 1. The first-order valence-corrected chi connectivity index (χ1v) is 7.34. The summed E-state index contributed by atoms with van der Waals surface area (Å²) in [6.45, 7) is 0. The second-order valence-corrected chi connectivity index (χ2v) is 5.96. The van der Waals surface area contributed by atoms with Crippen LogP contribution in [0.15, 0.2) is 45.5 Å². The van der Waals surface area contributed by atoms with E-state index in [0.29, 0.717) is 9.48 Å². The van der Waals surface area contributed by atoms with Crippen LogP contribution in [0.2, 0.25) is 0 Å². The van der Waals surface area contributed by atoms with Gasteiger partial charge >= 0.3 is 0 Å². The van der Waals surface area contributed by atoms with Gasteiger partial charge in [-0.25, -0.2) is 4.98 Å². The summed E-state index contributed by atoms with van der Waals surface area (Å²) in [6, 6.07) is 11.2. The molecule has 1 atom stereocenters. The quantitative estimate of drug-likeness (QED) is 0.668. The third kappa shape index (κ3) is 2.15. The number of furan rings is 1. The fourth-order valence-corrected chi connectivity index (χ4v) is 3.25. The van der Waals surface area contributed by atoms with E-state index in [1.165, 1.54) is 17.6 Å². The molecular weight excluding hydrogens is 340 g/mol. The van der Waals surface area contributed by atoms with Crippen molar-refractivity contribution < 1.29 is 9.21 Å². The molecule has 0 radical (unpaired) electrons. The molecule has 0 amide bonds. The maximum Gasteiger partial charge on any atom is 0.223 e. The zero-order chi connectivity index (χ0) is 14.1. The second-order valence-electron chi connectivity index (χ2n) is 4.04. The SMILES string of the molecule is N#C[C@@H](C(=O)c1occc1Br)c1nc2ccccc2s1. The first kappa shape index (κ1) is 13.0. The number of ketones is 1. The van der Waals surface area contributed by atoms with Crippen molar-refractivity contribution in [1.29, 1.82) is 5.26 Å². The summed E-state index contributed by atoms with van der Waals surface area (Å²) in [5, 5.41) is 9.79. The van der Waals surface area contributed by atoms with Crippen LogP contribution in [0.3, 0.4) is 0 Å². The van der Waals surface area contributed by atoms with Gasteiger partial charge < -0.3 is 4.42 Å². The minimum absolute atomic E-state index is 0.149. The van der Waals surface area contributed by atoms with Gasteiger partial charge in [0.2, 0.25) is 5.78 Å². The van der Waals surface area contributed by atoms with Gasteiger partial charge in [-0.3, -0.25) is 4.79 Å². The number of halogens is 1. The highest BCUT2D eigenvalue weighted by atomic mass is 79.9. The molecule has 6 heteroatoms. The Morgan fingerprint density at radius 2 is 2.20 bits per heavy atom. The van der Waals surface area contributed by atoms with E-state index < -0.39 is 5.92 Å². The van der Waals surface area contributed by atoms with Crippen LogP contribution in [0, 0.1) is 11.3 Å². The number of rotatable bonds is 3. The molecule has 0 saturated carbocycles. The molecule has 0 N–H and O–H groups in total. The maximum atomic E-state index is 12.4. The predicted octanol–water partition coefficient (Wildman–Crippen LogP) is 4.14. The third-order valence-electron chi connectivity index (χ3n) is 2.79. The summed E-state index contributed by atoms with van der Waals surface area (Å²) in [5.74, 6) is -1.19. The highest BCUT2D eigenvalue weighted by Gasteiger charge is 2.28. The van der Waals surface area contributed by atoms with E-state index in [4.69, 9.17) is 4.42 Å². The fraction of sp³-hybridized carbons (Fsp3) is 0.0714. The molecule has 0 spiro atoms. The number of carbonyl (C=O) groups excluding carboxylic acids is 1. The molecule has 3 rings (SSSR count). The standard InChI is InChI=1S/C14H7BrN2O2S/c15-9-5-6-19-13(9)12(18)8(7-16)14-17-10-3-1-2-4-11(10)20-14/h1-6,8H/t8-/m0/s1. The summed E-state index contributed by atoms with van der Waals surface area (Å²) in [4.78, 5) is 16.7.